The maximum absolute atomic E-state index is 10.6. The molecule has 0 bridgehead atoms. The molecule has 1 unspecified atom stereocenters. The number of hydrogen-bond acceptors (Lipinski definition) is 4. The van der Waals surface area contributed by atoms with E-state index in [0.717, 1.165) is 5.69 Å². The van der Waals surface area contributed by atoms with Crippen molar-refractivity contribution in [2.75, 3.05) is 0 Å². The van der Waals surface area contributed by atoms with Crippen LogP contribution in [0.25, 0.3) is 11.5 Å². The fourth-order valence-corrected chi connectivity index (χ4v) is 1.60. The highest BCUT2D eigenvalue weighted by Gasteiger charge is 2.17. The van der Waals surface area contributed by atoms with Gasteiger partial charge >= 0.3 is 5.97 Å². The fraction of sp³-hybridized carbons (Fsp3) is 0.273. The minimum absolute atomic E-state index is 0.162. The molecule has 0 saturated heterocycles. The standard InChI is InChI=1S/C11H13N3O3/c1-6-10(8-3-2-4-17-8)14-11(13-6)7(12)5-9(15)16/h2-4,7H,5,12H2,1H3,(H,13,14)(H,15,16). The Morgan fingerprint density at radius 3 is 3.06 bits per heavy atom. The van der Waals surface area contributed by atoms with Crippen LogP contribution in [-0.2, 0) is 4.79 Å². The van der Waals surface area contributed by atoms with Crippen LogP contribution in [-0.4, -0.2) is 21.0 Å². The first-order chi connectivity index (χ1) is 8.08. The second-order valence-corrected chi connectivity index (χ2v) is 3.78. The first-order valence-corrected chi connectivity index (χ1v) is 5.15. The molecule has 6 heteroatoms. The van der Waals surface area contributed by atoms with Crippen LogP contribution in [0.3, 0.4) is 0 Å². The van der Waals surface area contributed by atoms with E-state index in [2.05, 4.69) is 9.97 Å². The Hall–Kier alpha value is -2.08. The number of H-pyrrole nitrogens is 1. The highest BCUT2D eigenvalue weighted by atomic mass is 16.4. The van der Waals surface area contributed by atoms with Crippen LogP contribution in [0.2, 0.25) is 0 Å². The SMILES string of the molecule is Cc1[nH]c(C(N)CC(=O)O)nc1-c1ccco1. The summed E-state index contributed by atoms with van der Waals surface area (Å²) in [4.78, 5) is 17.8. The summed E-state index contributed by atoms with van der Waals surface area (Å²) < 4.78 is 5.23. The summed E-state index contributed by atoms with van der Waals surface area (Å²) in [6.07, 6.45) is 1.39. The van der Waals surface area contributed by atoms with Crippen LogP contribution in [0, 0.1) is 6.92 Å². The number of nitrogens with zero attached hydrogens (tertiary/aromatic N) is 1. The van der Waals surface area contributed by atoms with Crippen molar-refractivity contribution in [1.82, 2.24) is 9.97 Å². The average molecular weight is 235 g/mol. The lowest BCUT2D eigenvalue weighted by molar-refractivity contribution is -0.137. The van der Waals surface area contributed by atoms with Gasteiger partial charge in [0.05, 0.1) is 18.7 Å². The number of aliphatic carboxylic acids is 1. The highest BCUT2D eigenvalue weighted by Crippen LogP contribution is 2.23. The third kappa shape index (κ3) is 2.36. The van der Waals surface area contributed by atoms with E-state index in [4.69, 9.17) is 15.3 Å². The number of carbonyl (C=O) groups is 1. The smallest absolute Gasteiger partial charge is 0.305 e. The molecule has 17 heavy (non-hydrogen) atoms. The van der Waals surface area contributed by atoms with E-state index >= 15 is 0 Å². The van der Waals surface area contributed by atoms with Crippen molar-refractivity contribution in [2.45, 2.75) is 19.4 Å². The molecule has 0 aromatic carbocycles. The molecule has 0 spiro atoms. The summed E-state index contributed by atoms with van der Waals surface area (Å²) in [6.45, 7) is 1.84. The van der Waals surface area contributed by atoms with Gasteiger partial charge in [0.25, 0.3) is 0 Å². The maximum Gasteiger partial charge on any atom is 0.305 e. The Morgan fingerprint density at radius 2 is 2.47 bits per heavy atom. The predicted octanol–water partition coefficient (Wildman–Crippen LogP) is 1.45. The number of nitrogens with one attached hydrogen (secondary N) is 1. The van der Waals surface area contributed by atoms with E-state index in [0.29, 0.717) is 17.3 Å². The molecule has 6 nitrogen and oxygen atoms in total. The minimum atomic E-state index is -0.953. The lowest BCUT2D eigenvalue weighted by Gasteiger charge is -2.03. The normalized spacial score (nSPS) is 12.6. The van der Waals surface area contributed by atoms with Gasteiger partial charge in [0.15, 0.2) is 5.76 Å². The minimum Gasteiger partial charge on any atom is -0.481 e. The Bertz CT molecular complexity index is 516. The van der Waals surface area contributed by atoms with Crippen molar-refractivity contribution in [1.29, 1.82) is 0 Å². The zero-order valence-corrected chi connectivity index (χ0v) is 9.30. The van der Waals surface area contributed by atoms with Crippen molar-refractivity contribution >= 4 is 5.97 Å². The van der Waals surface area contributed by atoms with Gasteiger partial charge in [0, 0.05) is 5.69 Å². The molecule has 0 aliphatic carbocycles. The molecule has 0 aliphatic heterocycles. The van der Waals surface area contributed by atoms with Crippen molar-refractivity contribution in [3.05, 3.63) is 29.9 Å². The Morgan fingerprint density at radius 1 is 1.71 bits per heavy atom. The lowest BCUT2D eigenvalue weighted by Crippen LogP contribution is -2.16. The predicted molar refractivity (Wildman–Crippen MR) is 60.2 cm³/mol. The molecule has 0 fully saturated rings. The Labute approximate surface area is 97.5 Å². The molecule has 2 heterocycles. The van der Waals surface area contributed by atoms with E-state index in [1.807, 2.05) is 6.92 Å². The molecule has 0 aliphatic rings. The molecule has 0 radical (unpaired) electrons. The van der Waals surface area contributed by atoms with E-state index in [-0.39, 0.29) is 6.42 Å². The molecule has 1 atom stereocenters. The molecule has 2 aromatic rings. The van der Waals surface area contributed by atoms with Crippen LogP contribution in [0.1, 0.15) is 24.0 Å². The number of carboxylic acid groups (broad SMARTS) is 1. The number of aryl methyl sites for hydroxylation is 1. The Kier molecular flexibility index (Phi) is 2.97. The summed E-state index contributed by atoms with van der Waals surface area (Å²) in [5.74, 6) is 0.134. The fourth-order valence-electron chi connectivity index (χ4n) is 1.60. The molecule has 0 saturated carbocycles. The number of hydrogen-bond donors (Lipinski definition) is 3. The third-order valence-electron chi connectivity index (χ3n) is 2.40. The van der Waals surface area contributed by atoms with Crippen LogP contribution in [0.15, 0.2) is 22.8 Å². The Balaban J connectivity index is 2.27. The summed E-state index contributed by atoms with van der Waals surface area (Å²) in [7, 11) is 0. The summed E-state index contributed by atoms with van der Waals surface area (Å²) in [5.41, 5.74) is 7.19. The van der Waals surface area contributed by atoms with Gasteiger partial charge in [0.2, 0.25) is 0 Å². The number of rotatable bonds is 4. The van der Waals surface area contributed by atoms with Crippen molar-refractivity contribution in [3.63, 3.8) is 0 Å². The maximum atomic E-state index is 10.6. The van der Waals surface area contributed by atoms with E-state index in [9.17, 15) is 4.79 Å². The van der Waals surface area contributed by atoms with Crippen LogP contribution >= 0.6 is 0 Å². The molecular weight excluding hydrogens is 222 g/mol. The number of imidazole rings is 1. The van der Waals surface area contributed by atoms with E-state index in [1.165, 1.54) is 0 Å². The molecule has 90 valence electrons. The second-order valence-electron chi connectivity index (χ2n) is 3.78. The molecule has 4 N–H and O–H groups in total. The van der Waals surface area contributed by atoms with Crippen LogP contribution in [0.5, 0.6) is 0 Å². The van der Waals surface area contributed by atoms with Gasteiger partial charge in [-0.2, -0.15) is 0 Å². The van der Waals surface area contributed by atoms with Gasteiger partial charge < -0.3 is 20.2 Å². The van der Waals surface area contributed by atoms with Gasteiger partial charge in [-0.1, -0.05) is 0 Å². The first kappa shape index (κ1) is 11.4. The van der Waals surface area contributed by atoms with Crippen molar-refractivity contribution in [2.24, 2.45) is 5.73 Å². The van der Waals surface area contributed by atoms with Gasteiger partial charge in [-0.05, 0) is 19.1 Å². The summed E-state index contributed by atoms with van der Waals surface area (Å²) in [5, 5.41) is 8.67. The largest absolute Gasteiger partial charge is 0.481 e. The van der Waals surface area contributed by atoms with Gasteiger partial charge in [-0.3, -0.25) is 4.79 Å². The number of aromatic amines is 1. The van der Waals surface area contributed by atoms with Crippen LogP contribution in [0.4, 0.5) is 0 Å². The zero-order chi connectivity index (χ0) is 12.4. The van der Waals surface area contributed by atoms with E-state index < -0.39 is 12.0 Å². The number of aromatic nitrogens is 2. The van der Waals surface area contributed by atoms with Gasteiger partial charge in [-0.25, -0.2) is 4.98 Å². The number of furan rings is 1. The second kappa shape index (κ2) is 4.42. The number of nitrogens with two attached hydrogens (primary N) is 1. The molecular formula is C11H13N3O3. The quantitative estimate of drug-likeness (QED) is 0.743. The molecule has 2 aromatic heterocycles. The topological polar surface area (TPSA) is 105 Å². The van der Waals surface area contributed by atoms with Crippen LogP contribution < -0.4 is 5.73 Å². The zero-order valence-electron chi connectivity index (χ0n) is 9.30. The summed E-state index contributed by atoms with van der Waals surface area (Å²) >= 11 is 0. The van der Waals surface area contributed by atoms with E-state index in [1.54, 1.807) is 18.4 Å². The average Bonchev–Trinajstić information content (AvgIpc) is 2.84. The van der Waals surface area contributed by atoms with Crippen molar-refractivity contribution < 1.29 is 14.3 Å². The summed E-state index contributed by atoms with van der Waals surface area (Å²) in [6, 6.07) is 2.91. The van der Waals surface area contributed by atoms with Gasteiger partial charge in [0.1, 0.15) is 11.5 Å². The lowest BCUT2D eigenvalue weighted by atomic mass is 10.2. The van der Waals surface area contributed by atoms with Gasteiger partial charge in [-0.15, -0.1) is 0 Å². The highest BCUT2D eigenvalue weighted by molar-refractivity contribution is 5.67. The number of carboxylic acids is 1. The van der Waals surface area contributed by atoms with Crippen molar-refractivity contribution in [3.8, 4) is 11.5 Å². The molecule has 0 amide bonds. The third-order valence-corrected chi connectivity index (χ3v) is 2.40. The first-order valence-electron chi connectivity index (χ1n) is 5.15. The monoisotopic (exact) mass is 235 g/mol. The molecule has 2 rings (SSSR count).